The summed E-state index contributed by atoms with van der Waals surface area (Å²) in [6.07, 6.45) is 1.66. The van der Waals surface area contributed by atoms with Crippen molar-refractivity contribution in [2.45, 2.75) is 6.54 Å². The van der Waals surface area contributed by atoms with Crippen LogP contribution in [0.1, 0.15) is 5.56 Å². The van der Waals surface area contributed by atoms with E-state index in [1.165, 1.54) is 7.11 Å². The fraction of sp³-hybridized carbons (Fsp3) is 0.273. The highest BCUT2D eigenvalue weighted by atomic mass is 35.5. The van der Waals surface area contributed by atoms with Gasteiger partial charge in [0.25, 0.3) is 0 Å². The van der Waals surface area contributed by atoms with Crippen LogP contribution in [0.3, 0.4) is 0 Å². The second-order valence-corrected chi connectivity index (χ2v) is 3.81. The molecule has 19 heavy (non-hydrogen) atoms. The zero-order valence-corrected chi connectivity index (χ0v) is 11.2. The molecule has 0 atom stereocenters. The Kier molecular flexibility index (Phi) is 4.30. The fourth-order valence-electron chi connectivity index (χ4n) is 1.36. The van der Waals surface area contributed by atoms with Crippen LogP contribution in [0, 0.1) is 0 Å². The molecule has 7 nitrogen and oxygen atoms in total. The van der Waals surface area contributed by atoms with Gasteiger partial charge in [-0.25, -0.2) is 4.98 Å². The molecule has 0 saturated carbocycles. The lowest BCUT2D eigenvalue weighted by Crippen LogP contribution is -2.06. The van der Waals surface area contributed by atoms with Crippen molar-refractivity contribution in [1.82, 2.24) is 19.9 Å². The van der Waals surface area contributed by atoms with E-state index in [-0.39, 0.29) is 11.3 Å². The number of methoxy groups -OCH3 is 2. The number of ether oxygens (including phenoxy) is 2. The average molecular weight is 282 g/mol. The number of aromatic nitrogens is 4. The molecule has 0 saturated heterocycles. The van der Waals surface area contributed by atoms with Crippen molar-refractivity contribution in [2.24, 2.45) is 0 Å². The third kappa shape index (κ3) is 3.65. The predicted molar refractivity (Wildman–Crippen MR) is 69.5 cm³/mol. The molecule has 0 aromatic carbocycles. The van der Waals surface area contributed by atoms with E-state index in [0.717, 1.165) is 5.56 Å². The first-order valence-corrected chi connectivity index (χ1v) is 5.77. The SMILES string of the molecule is COc1cc(CNc2nc(Cl)nc(OC)n2)ccn1. The van der Waals surface area contributed by atoms with E-state index in [0.29, 0.717) is 18.4 Å². The quantitative estimate of drug-likeness (QED) is 0.890. The van der Waals surface area contributed by atoms with Gasteiger partial charge in [-0.2, -0.15) is 15.0 Å². The monoisotopic (exact) mass is 281 g/mol. The summed E-state index contributed by atoms with van der Waals surface area (Å²) < 4.78 is 9.95. The minimum atomic E-state index is 0.0710. The molecular formula is C11H12ClN5O2. The first kappa shape index (κ1) is 13.3. The van der Waals surface area contributed by atoms with Gasteiger partial charge in [-0.15, -0.1) is 0 Å². The van der Waals surface area contributed by atoms with Gasteiger partial charge in [0, 0.05) is 18.8 Å². The maximum absolute atomic E-state index is 5.75. The molecule has 0 aliphatic rings. The van der Waals surface area contributed by atoms with Crippen LogP contribution in [0.15, 0.2) is 18.3 Å². The van der Waals surface area contributed by atoms with Gasteiger partial charge in [0.05, 0.1) is 14.2 Å². The lowest BCUT2D eigenvalue weighted by Gasteiger charge is -2.07. The highest BCUT2D eigenvalue weighted by molar-refractivity contribution is 6.28. The molecule has 0 unspecified atom stereocenters. The van der Waals surface area contributed by atoms with E-state index in [4.69, 9.17) is 21.1 Å². The van der Waals surface area contributed by atoms with E-state index in [1.807, 2.05) is 12.1 Å². The van der Waals surface area contributed by atoms with Crippen molar-refractivity contribution in [2.75, 3.05) is 19.5 Å². The molecule has 8 heteroatoms. The smallest absolute Gasteiger partial charge is 0.322 e. The third-order valence-corrected chi connectivity index (χ3v) is 2.40. The summed E-state index contributed by atoms with van der Waals surface area (Å²) in [6, 6.07) is 3.83. The van der Waals surface area contributed by atoms with Crippen molar-refractivity contribution < 1.29 is 9.47 Å². The summed E-state index contributed by atoms with van der Waals surface area (Å²) in [5.74, 6) is 0.887. The molecule has 0 spiro atoms. The summed E-state index contributed by atoms with van der Waals surface area (Å²) in [4.78, 5) is 15.8. The summed E-state index contributed by atoms with van der Waals surface area (Å²) in [7, 11) is 3.03. The van der Waals surface area contributed by atoms with Crippen molar-refractivity contribution in [3.63, 3.8) is 0 Å². The fourth-order valence-corrected chi connectivity index (χ4v) is 1.51. The highest BCUT2D eigenvalue weighted by Crippen LogP contribution is 2.13. The Morgan fingerprint density at radius 3 is 2.79 bits per heavy atom. The van der Waals surface area contributed by atoms with E-state index in [9.17, 15) is 0 Å². The van der Waals surface area contributed by atoms with Gasteiger partial charge in [-0.05, 0) is 23.2 Å². The maximum Gasteiger partial charge on any atom is 0.322 e. The van der Waals surface area contributed by atoms with E-state index in [1.54, 1.807) is 13.3 Å². The lowest BCUT2D eigenvalue weighted by atomic mass is 10.2. The number of nitrogens with one attached hydrogen (secondary N) is 1. The first-order valence-electron chi connectivity index (χ1n) is 5.39. The Balaban J connectivity index is 2.07. The molecule has 1 N–H and O–H groups in total. The van der Waals surface area contributed by atoms with Gasteiger partial charge in [0.2, 0.25) is 17.1 Å². The second kappa shape index (κ2) is 6.14. The largest absolute Gasteiger partial charge is 0.481 e. The molecule has 2 aromatic heterocycles. The van der Waals surface area contributed by atoms with Gasteiger partial charge in [0.1, 0.15) is 0 Å². The standard InChI is InChI=1S/C11H12ClN5O2/c1-18-8-5-7(3-4-13-8)6-14-10-15-9(12)16-11(17-10)19-2/h3-5H,6H2,1-2H3,(H,14,15,16,17). The average Bonchev–Trinajstić information content (AvgIpc) is 2.44. The van der Waals surface area contributed by atoms with Gasteiger partial charge < -0.3 is 14.8 Å². The molecule has 2 heterocycles. The van der Waals surface area contributed by atoms with Crippen LogP contribution in [0.5, 0.6) is 11.9 Å². The lowest BCUT2D eigenvalue weighted by molar-refractivity contribution is 0.379. The van der Waals surface area contributed by atoms with Crippen LogP contribution >= 0.6 is 11.6 Å². The maximum atomic E-state index is 5.75. The second-order valence-electron chi connectivity index (χ2n) is 3.47. The molecule has 0 radical (unpaired) electrons. The topological polar surface area (TPSA) is 82.0 Å². The minimum absolute atomic E-state index is 0.0710. The molecule has 0 bridgehead atoms. The Labute approximate surface area is 115 Å². The van der Waals surface area contributed by atoms with Gasteiger partial charge in [-0.1, -0.05) is 0 Å². The van der Waals surface area contributed by atoms with Crippen LogP contribution in [0.25, 0.3) is 0 Å². The van der Waals surface area contributed by atoms with Crippen LogP contribution in [0.2, 0.25) is 5.28 Å². The number of halogens is 1. The van der Waals surface area contributed by atoms with Gasteiger partial charge in [-0.3, -0.25) is 0 Å². The predicted octanol–water partition coefficient (Wildman–Crippen LogP) is 1.55. The molecular weight excluding hydrogens is 270 g/mol. The highest BCUT2D eigenvalue weighted by Gasteiger charge is 2.05. The zero-order valence-electron chi connectivity index (χ0n) is 10.4. The van der Waals surface area contributed by atoms with Crippen LogP contribution in [-0.2, 0) is 6.54 Å². The van der Waals surface area contributed by atoms with Crippen LogP contribution in [-0.4, -0.2) is 34.2 Å². The summed E-state index contributed by atoms with van der Waals surface area (Å²) in [5.41, 5.74) is 0.974. The van der Waals surface area contributed by atoms with Gasteiger partial charge in [0.15, 0.2) is 0 Å². The zero-order chi connectivity index (χ0) is 13.7. The number of nitrogens with zero attached hydrogens (tertiary/aromatic N) is 4. The van der Waals surface area contributed by atoms with Crippen molar-refractivity contribution in [3.05, 3.63) is 29.2 Å². The summed E-state index contributed by atoms with van der Waals surface area (Å²) in [5, 5.41) is 3.09. The minimum Gasteiger partial charge on any atom is -0.481 e. The molecule has 0 aliphatic heterocycles. The van der Waals surface area contributed by atoms with Crippen molar-refractivity contribution in [1.29, 1.82) is 0 Å². The summed E-state index contributed by atoms with van der Waals surface area (Å²) >= 11 is 5.75. The molecule has 100 valence electrons. The van der Waals surface area contributed by atoms with E-state index >= 15 is 0 Å². The Bertz CT molecular complexity index is 567. The molecule has 2 rings (SSSR count). The Morgan fingerprint density at radius 2 is 2.05 bits per heavy atom. The summed E-state index contributed by atoms with van der Waals surface area (Å²) in [6.45, 7) is 0.502. The van der Waals surface area contributed by atoms with Crippen LogP contribution < -0.4 is 14.8 Å². The number of hydrogen-bond acceptors (Lipinski definition) is 7. The number of pyridine rings is 1. The number of rotatable bonds is 5. The van der Waals surface area contributed by atoms with Crippen molar-refractivity contribution >= 4 is 17.5 Å². The normalized spacial score (nSPS) is 10.1. The van der Waals surface area contributed by atoms with Gasteiger partial charge >= 0.3 is 6.01 Å². The Hall–Kier alpha value is -2.15. The molecule has 2 aromatic rings. The molecule has 0 amide bonds. The third-order valence-electron chi connectivity index (χ3n) is 2.23. The van der Waals surface area contributed by atoms with E-state index < -0.39 is 0 Å². The molecule has 0 aliphatic carbocycles. The van der Waals surface area contributed by atoms with Crippen molar-refractivity contribution in [3.8, 4) is 11.9 Å². The number of anilines is 1. The first-order chi connectivity index (χ1) is 9.21. The molecule has 0 fully saturated rings. The number of hydrogen-bond donors (Lipinski definition) is 1. The van der Waals surface area contributed by atoms with E-state index in [2.05, 4.69) is 25.3 Å². The Morgan fingerprint density at radius 1 is 1.21 bits per heavy atom. The van der Waals surface area contributed by atoms with Crippen LogP contribution in [0.4, 0.5) is 5.95 Å².